The first kappa shape index (κ1) is 13.2. The minimum absolute atomic E-state index is 0.0134. The Balaban J connectivity index is 2.03. The number of halogens is 1. The van der Waals surface area contributed by atoms with Crippen molar-refractivity contribution in [3.8, 4) is 5.88 Å². The lowest BCUT2D eigenvalue weighted by Gasteiger charge is -1.99. The fraction of sp³-hybridized carbons (Fsp3) is 0.0625. The number of nitrogens with zero attached hydrogens (tertiary/aromatic N) is 3. The van der Waals surface area contributed by atoms with E-state index in [-0.39, 0.29) is 17.4 Å². The van der Waals surface area contributed by atoms with Gasteiger partial charge in [0.15, 0.2) is 0 Å². The summed E-state index contributed by atoms with van der Waals surface area (Å²) in [6.45, 7) is 0. The fourth-order valence-electron chi connectivity index (χ4n) is 2.74. The molecule has 4 rings (SSSR count). The molecule has 1 aliphatic rings. The molecular weight excluding hydrogens is 346 g/mol. The number of hydrogen-bond donors (Lipinski definition) is 1. The van der Waals surface area contributed by atoms with Gasteiger partial charge in [0.05, 0.1) is 11.3 Å². The third kappa shape index (κ3) is 1.67. The van der Waals surface area contributed by atoms with Crippen LogP contribution in [0.4, 0.5) is 5.69 Å². The van der Waals surface area contributed by atoms with Crippen molar-refractivity contribution in [2.45, 2.75) is 0 Å². The molecule has 0 amide bonds. The van der Waals surface area contributed by atoms with Gasteiger partial charge in [0.25, 0.3) is 0 Å². The number of carbonyl (C=O) groups excluding carboxylic acids is 1. The van der Waals surface area contributed by atoms with Crippen molar-refractivity contribution in [2.24, 2.45) is 12.0 Å². The zero-order valence-corrected chi connectivity index (χ0v) is 13.1. The van der Waals surface area contributed by atoms with E-state index in [1.54, 1.807) is 36.0 Å². The van der Waals surface area contributed by atoms with Crippen molar-refractivity contribution < 1.29 is 9.90 Å². The molecule has 1 N–H and O–H groups in total. The molecule has 0 saturated heterocycles. The molecule has 0 radical (unpaired) electrons. The number of aryl methyl sites for hydroxylation is 1. The number of pyridine rings is 1. The summed E-state index contributed by atoms with van der Waals surface area (Å²) in [5, 5.41) is 11.1. The molecule has 1 aliphatic heterocycles. The van der Waals surface area contributed by atoms with E-state index in [1.165, 1.54) is 0 Å². The van der Waals surface area contributed by atoms with Crippen LogP contribution in [0.2, 0.25) is 0 Å². The van der Waals surface area contributed by atoms with Gasteiger partial charge in [-0.3, -0.25) is 9.36 Å². The van der Waals surface area contributed by atoms with Crippen molar-refractivity contribution in [1.29, 1.82) is 0 Å². The average Bonchev–Trinajstić information content (AvgIpc) is 2.96. The number of aliphatic imine (C=N–C) groups is 1. The lowest BCUT2D eigenvalue weighted by atomic mass is 10.0. The Morgan fingerprint density at radius 3 is 2.82 bits per heavy atom. The van der Waals surface area contributed by atoms with E-state index in [9.17, 15) is 9.90 Å². The van der Waals surface area contributed by atoms with Crippen LogP contribution in [0.1, 0.15) is 15.9 Å². The number of benzene rings is 1. The van der Waals surface area contributed by atoms with Gasteiger partial charge in [-0.05, 0) is 34.1 Å². The Kier molecular flexibility index (Phi) is 2.71. The molecule has 0 bridgehead atoms. The quantitative estimate of drug-likeness (QED) is 0.727. The highest BCUT2D eigenvalue weighted by molar-refractivity contribution is 9.10. The van der Waals surface area contributed by atoms with Crippen LogP contribution in [-0.2, 0) is 7.05 Å². The van der Waals surface area contributed by atoms with Crippen molar-refractivity contribution in [2.75, 3.05) is 0 Å². The molecule has 22 heavy (non-hydrogen) atoms. The lowest BCUT2D eigenvalue weighted by Crippen LogP contribution is -2.11. The maximum absolute atomic E-state index is 12.6. The van der Waals surface area contributed by atoms with Gasteiger partial charge in [0.1, 0.15) is 11.4 Å². The zero-order chi connectivity index (χ0) is 15.4. The van der Waals surface area contributed by atoms with Gasteiger partial charge >= 0.3 is 0 Å². The molecule has 108 valence electrons. The van der Waals surface area contributed by atoms with Crippen molar-refractivity contribution in [3.05, 3.63) is 52.1 Å². The second-order valence-corrected chi connectivity index (χ2v) is 6.00. The highest BCUT2D eigenvalue weighted by Crippen LogP contribution is 2.36. The third-order valence-corrected chi connectivity index (χ3v) is 4.23. The van der Waals surface area contributed by atoms with Crippen LogP contribution in [0.5, 0.6) is 5.88 Å². The van der Waals surface area contributed by atoms with Crippen molar-refractivity contribution in [3.63, 3.8) is 0 Å². The van der Waals surface area contributed by atoms with Gasteiger partial charge in [-0.25, -0.2) is 9.98 Å². The molecular formula is C16H10BrN3O2. The Labute approximate surface area is 134 Å². The minimum atomic E-state index is -0.182. The van der Waals surface area contributed by atoms with Gasteiger partial charge in [0.2, 0.25) is 11.7 Å². The fourth-order valence-corrected chi connectivity index (χ4v) is 3.07. The molecule has 3 heterocycles. The first-order valence-electron chi connectivity index (χ1n) is 6.63. The second-order valence-electron chi connectivity index (χ2n) is 5.09. The van der Waals surface area contributed by atoms with E-state index < -0.39 is 0 Å². The highest BCUT2D eigenvalue weighted by atomic mass is 79.9. The van der Waals surface area contributed by atoms with E-state index in [1.807, 2.05) is 12.1 Å². The molecule has 0 saturated carbocycles. The summed E-state index contributed by atoms with van der Waals surface area (Å²) in [6.07, 6.45) is 1.65. The Morgan fingerprint density at radius 1 is 1.27 bits per heavy atom. The summed E-state index contributed by atoms with van der Waals surface area (Å²) >= 11 is 3.37. The van der Waals surface area contributed by atoms with Crippen LogP contribution in [0, 0.1) is 0 Å². The average molecular weight is 356 g/mol. The van der Waals surface area contributed by atoms with Gasteiger partial charge in [-0.1, -0.05) is 12.1 Å². The van der Waals surface area contributed by atoms with E-state index in [0.29, 0.717) is 27.8 Å². The van der Waals surface area contributed by atoms with E-state index in [4.69, 9.17) is 0 Å². The number of carbonyl (C=O) groups is 1. The number of fused-ring (bicyclic) bond motifs is 2. The number of Topliss-reactive ketones (excluding diaryl/α,β-unsaturated/α-hetero) is 1. The van der Waals surface area contributed by atoms with Crippen LogP contribution < -0.4 is 0 Å². The Morgan fingerprint density at radius 2 is 2.05 bits per heavy atom. The van der Waals surface area contributed by atoms with Crippen LogP contribution >= 0.6 is 15.9 Å². The number of rotatable bonds is 1. The Bertz CT molecular complexity index is 988. The summed E-state index contributed by atoms with van der Waals surface area (Å²) in [4.78, 5) is 21.3. The Hall–Kier alpha value is -2.47. The van der Waals surface area contributed by atoms with Crippen LogP contribution in [0.25, 0.3) is 11.0 Å². The molecule has 0 spiro atoms. The largest absolute Gasteiger partial charge is 0.494 e. The van der Waals surface area contributed by atoms with Gasteiger partial charge in [0, 0.05) is 28.7 Å². The maximum atomic E-state index is 12.6. The molecule has 1 aromatic carbocycles. The summed E-state index contributed by atoms with van der Waals surface area (Å²) < 4.78 is 2.33. The van der Waals surface area contributed by atoms with Gasteiger partial charge in [-0.15, -0.1) is 0 Å². The van der Waals surface area contributed by atoms with Crippen molar-refractivity contribution >= 4 is 44.1 Å². The standard InChI is InChI=1S/C16H10BrN3O2/c1-20-15-10(6-8(17)7-18-15)12(16(20)22)13-14(21)9-4-2-3-5-11(9)19-13/h2-7,22H,1H3. The van der Waals surface area contributed by atoms with E-state index >= 15 is 0 Å². The number of aromatic hydroxyl groups is 1. The normalized spacial score (nSPS) is 13.5. The lowest BCUT2D eigenvalue weighted by molar-refractivity contribution is 0.107. The molecule has 3 aromatic rings. The monoisotopic (exact) mass is 355 g/mol. The van der Waals surface area contributed by atoms with Crippen LogP contribution in [0.3, 0.4) is 0 Å². The summed E-state index contributed by atoms with van der Waals surface area (Å²) in [6, 6.07) is 8.99. The molecule has 0 unspecified atom stereocenters. The summed E-state index contributed by atoms with van der Waals surface area (Å²) in [5.74, 6) is -0.195. The number of para-hydroxylation sites is 1. The van der Waals surface area contributed by atoms with Crippen LogP contribution in [0.15, 0.2) is 46.0 Å². The molecule has 2 aromatic heterocycles. The minimum Gasteiger partial charge on any atom is -0.494 e. The molecule has 6 heteroatoms. The molecule has 0 atom stereocenters. The van der Waals surface area contributed by atoms with Crippen molar-refractivity contribution in [1.82, 2.24) is 9.55 Å². The van der Waals surface area contributed by atoms with E-state index in [0.717, 1.165) is 4.47 Å². The molecule has 0 aliphatic carbocycles. The molecule has 0 fully saturated rings. The topological polar surface area (TPSA) is 67.5 Å². The van der Waals surface area contributed by atoms with Gasteiger partial charge in [-0.2, -0.15) is 0 Å². The SMILES string of the molecule is Cn1c(O)c(C2=Nc3ccccc3C2=O)c2cc(Br)cnc21. The first-order chi connectivity index (χ1) is 10.6. The summed E-state index contributed by atoms with van der Waals surface area (Å²) in [7, 11) is 1.70. The first-order valence-corrected chi connectivity index (χ1v) is 7.43. The predicted molar refractivity (Wildman–Crippen MR) is 87.0 cm³/mol. The van der Waals surface area contributed by atoms with Gasteiger partial charge < -0.3 is 5.11 Å². The highest BCUT2D eigenvalue weighted by Gasteiger charge is 2.31. The molecule has 5 nitrogen and oxygen atoms in total. The van der Waals surface area contributed by atoms with Crippen LogP contribution in [-0.4, -0.2) is 26.2 Å². The number of ketones is 1. The number of hydrogen-bond acceptors (Lipinski definition) is 4. The van der Waals surface area contributed by atoms with E-state index in [2.05, 4.69) is 25.9 Å². The predicted octanol–water partition coefficient (Wildman–Crippen LogP) is 3.36. The maximum Gasteiger partial charge on any atom is 0.214 e. The summed E-state index contributed by atoms with van der Waals surface area (Å²) in [5.41, 5.74) is 2.46. The second kappa shape index (κ2) is 4.51. The number of aromatic nitrogens is 2. The third-order valence-electron chi connectivity index (χ3n) is 3.79. The zero-order valence-electron chi connectivity index (χ0n) is 11.5. The smallest absolute Gasteiger partial charge is 0.214 e.